The summed E-state index contributed by atoms with van der Waals surface area (Å²) in [5.74, 6) is 0.110. The smallest absolute Gasteiger partial charge is 0.463 e. The lowest BCUT2D eigenvalue weighted by Crippen LogP contribution is -2.74. The van der Waals surface area contributed by atoms with E-state index in [1.54, 1.807) is 64.0 Å². The summed E-state index contributed by atoms with van der Waals surface area (Å²) in [6.45, 7) is 15.1. The van der Waals surface area contributed by atoms with Crippen LogP contribution >= 0.6 is 8.22 Å². The molecule has 1 fully saturated rings. The lowest BCUT2D eigenvalue weighted by molar-refractivity contribution is -0.161. The molecule has 0 amide bonds. The van der Waals surface area contributed by atoms with E-state index >= 15 is 0 Å². The Balaban J connectivity index is 0.00000100. The average molecular weight is 738 g/mol. The van der Waals surface area contributed by atoms with Gasteiger partial charge in [0.15, 0.2) is 17.2 Å². The fourth-order valence-corrected chi connectivity index (χ4v) is 7.96. The van der Waals surface area contributed by atoms with Crippen molar-refractivity contribution in [2.24, 2.45) is 4.99 Å². The standard InChI is InChI=1S/C28H44N7O7P.C7H16O/c1-8-9-10-11-12-39-25(37)28(6)32-43(35(28)27(4,5)16-36)19-40-20(2)14-34-18-30-22(13-29)24(34)31-17-33(7)15-23-21(3)41-26(38)42-23;1-3-4-5-6-7-8-2/h13,16-18,20,29,32H,8-12,14-15,19H2,1-7H3;3-7H2,1-2H3/b29-13?,31-17-;. The van der Waals surface area contributed by atoms with Gasteiger partial charge in [-0.15, -0.1) is 0 Å². The van der Waals surface area contributed by atoms with Gasteiger partial charge in [0.2, 0.25) is 0 Å². The second kappa shape index (κ2) is 22.0. The first-order valence-corrected chi connectivity index (χ1v) is 19.2. The maximum Gasteiger partial charge on any atom is 0.519 e. The van der Waals surface area contributed by atoms with Crippen LogP contribution in [0, 0.1) is 12.3 Å². The number of esters is 1. The minimum Gasteiger partial charge on any atom is -0.463 e. The molecule has 0 saturated carbocycles. The molecule has 3 heterocycles. The highest BCUT2D eigenvalue weighted by Gasteiger charge is 2.60. The second-order valence-electron chi connectivity index (χ2n) is 13.4. The zero-order chi connectivity index (χ0) is 38.0. The molecule has 2 N–H and O–H groups in total. The zero-order valence-electron chi connectivity index (χ0n) is 32.0. The van der Waals surface area contributed by atoms with Crippen LogP contribution < -0.4 is 10.9 Å². The van der Waals surface area contributed by atoms with Crippen molar-refractivity contribution in [3.05, 3.63) is 34.2 Å². The molecule has 3 unspecified atom stereocenters. The Morgan fingerprint density at radius 3 is 2.41 bits per heavy atom. The summed E-state index contributed by atoms with van der Waals surface area (Å²) >= 11 is 0. The average Bonchev–Trinajstić information content (AvgIpc) is 3.62. The number of hydrogen-bond donors (Lipinski definition) is 2. The van der Waals surface area contributed by atoms with Gasteiger partial charge in [0, 0.05) is 27.0 Å². The Labute approximate surface area is 303 Å². The molecule has 51 heavy (non-hydrogen) atoms. The first-order chi connectivity index (χ1) is 24.3. The van der Waals surface area contributed by atoms with Gasteiger partial charge >= 0.3 is 11.8 Å². The number of aliphatic imine (C=N–C) groups is 1. The summed E-state index contributed by atoms with van der Waals surface area (Å²) in [6, 6.07) is 0. The Morgan fingerprint density at radius 1 is 1.18 bits per heavy atom. The van der Waals surface area contributed by atoms with Crippen molar-refractivity contribution in [3.63, 3.8) is 0 Å². The van der Waals surface area contributed by atoms with Crippen LogP contribution in [0.1, 0.15) is 110 Å². The van der Waals surface area contributed by atoms with Gasteiger partial charge in [0.25, 0.3) is 0 Å². The molecule has 288 valence electrons. The van der Waals surface area contributed by atoms with Crippen molar-refractivity contribution in [2.45, 2.75) is 130 Å². The Hall–Kier alpha value is -3.23. The summed E-state index contributed by atoms with van der Waals surface area (Å²) in [5.41, 5.74) is -1.65. The molecular formula is C35H60N7O8P. The van der Waals surface area contributed by atoms with Crippen molar-refractivity contribution in [3.8, 4) is 0 Å². The van der Waals surface area contributed by atoms with E-state index in [1.807, 2.05) is 11.6 Å². The van der Waals surface area contributed by atoms with Crippen LogP contribution in [0.3, 0.4) is 0 Å². The molecular weight excluding hydrogens is 677 g/mol. The Kier molecular flexibility index (Phi) is 18.9. The van der Waals surface area contributed by atoms with Crippen LogP contribution in [0.5, 0.6) is 0 Å². The quantitative estimate of drug-likeness (QED) is 0.0333. The van der Waals surface area contributed by atoms with Gasteiger partial charge in [0.05, 0.1) is 58.6 Å². The van der Waals surface area contributed by atoms with Crippen LogP contribution in [0.25, 0.3) is 0 Å². The number of carbonyl (C=O) groups excluding carboxylic acids is 2. The van der Waals surface area contributed by atoms with Crippen LogP contribution in [0.15, 0.2) is 24.9 Å². The van der Waals surface area contributed by atoms with E-state index < -0.39 is 31.2 Å². The monoisotopic (exact) mass is 737 g/mol. The number of nitrogens with one attached hydrogen (secondary N) is 2. The minimum atomic E-state index is -1.16. The van der Waals surface area contributed by atoms with Gasteiger partial charge < -0.3 is 42.7 Å². The van der Waals surface area contributed by atoms with Crippen molar-refractivity contribution in [2.75, 3.05) is 33.7 Å². The predicted octanol–water partition coefficient (Wildman–Crippen LogP) is 6.14. The third kappa shape index (κ3) is 13.4. The first kappa shape index (κ1) is 43.9. The molecule has 3 rings (SSSR count). The third-order valence-electron chi connectivity index (χ3n) is 8.19. The van der Waals surface area contributed by atoms with Gasteiger partial charge in [0.1, 0.15) is 17.7 Å². The zero-order valence-corrected chi connectivity index (χ0v) is 32.9. The normalized spacial score (nSPS) is 18.2. The van der Waals surface area contributed by atoms with E-state index in [-0.39, 0.29) is 19.0 Å². The number of imidazole rings is 1. The number of carbonyl (C=O) groups is 2. The molecule has 1 aliphatic rings. The number of aldehydes is 1. The molecule has 1 aliphatic heterocycles. The van der Waals surface area contributed by atoms with E-state index in [9.17, 15) is 14.4 Å². The fourth-order valence-electron chi connectivity index (χ4n) is 5.45. The third-order valence-corrected chi connectivity index (χ3v) is 10.7. The molecule has 16 heteroatoms. The van der Waals surface area contributed by atoms with Crippen molar-refractivity contribution >= 4 is 38.8 Å². The molecule has 0 spiro atoms. The maximum absolute atomic E-state index is 13.0. The highest BCUT2D eigenvalue weighted by Crippen LogP contribution is 2.56. The molecule has 0 bridgehead atoms. The number of aryl methyl sites for hydroxylation is 1. The Bertz CT molecular complexity index is 1440. The first-order valence-electron chi connectivity index (χ1n) is 17.8. The number of nitrogens with zero attached hydrogens (tertiary/aromatic N) is 5. The van der Waals surface area contributed by atoms with E-state index in [0.717, 1.165) is 44.8 Å². The van der Waals surface area contributed by atoms with Crippen LogP contribution in [-0.4, -0.2) is 95.0 Å². The topological polar surface area (TPSA) is 178 Å². The maximum atomic E-state index is 13.0. The molecule has 15 nitrogen and oxygen atoms in total. The van der Waals surface area contributed by atoms with Crippen LogP contribution in [-0.2, 0) is 36.9 Å². The lowest BCUT2D eigenvalue weighted by atomic mass is 10.0. The van der Waals surface area contributed by atoms with Crippen LogP contribution in [0.4, 0.5) is 5.82 Å². The van der Waals surface area contributed by atoms with Crippen molar-refractivity contribution in [1.29, 1.82) is 5.41 Å². The predicted molar refractivity (Wildman–Crippen MR) is 199 cm³/mol. The highest BCUT2D eigenvalue weighted by atomic mass is 31.1. The van der Waals surface area contributed by atoms with Gasteiger partial charge in [-0.2, -0.15) is 0 Å². The molecule has 1 saturated heterocycles. The molecule has 2 aromatic heterocycles. The van der Waals surface area contributed by atoms with Gasteiger partial charge in [-0.05, 0) is 47.5 Å². The van der Waals surface area contributed by atoms with Crippen LogP contribution in [0.2, 0.25) is 0 Å². The summed E-state index contributed by atoms with van der Waals surface area (Å²) in [4.78, 5) is 46.9. The number of methoxy groups -OCH3 is 1. The largest absolute Gasteiger partial charge is 0.519 e. The molecule has 3 atom stereocenters. The second-order valence-corrected chi connectivity index (χ2v) is 15.0. The molecule has 2 aromatic rings. The van der Waals surface area contributed by atoms with Crippen molar-refractivity contribution < 1.29 is 32.6 Å². The molecule has 0 aliphatic carbocycles. The summed E-state index contributed by atoms with van der Waals surface area (Å²) in [7, 11) is 2.36. The lowest BCUT2D eigenvalue weighted by Gasteiger charge is -2.59. The van der Waals surface area contributed by atoms with E-state index in [4.69, 9.17) is 28.5 Å². The van der Waals surface area contributed by atoms with Gasteiger partial charge in [-0.3, -0.25) is 5.09 Å². The number of rotatable bonds is 23. The van der Waals surface area contributed by atoms with E-state index in [1.165, 1.54) is 25.7 Å². The molecule has 0 aromatic carbocycles. The number of ether oxygens (including phenoxy) is 3. The summed E-state index contributed by atoms with van der Waals surface area (Å²) in [5, 5.41) is 11.1. The van der Waals surface area contributed by atoms with Gasteiger partial charge in [-0.25, -0.2) is 24.2 Å². The summed E-state index contributed by atoms with van der Waals surface area (Å²) in [6.07, 6.45) is 14.3. The van der Waals surface area contributed by atoms with E-state index in [0.29, 0.717) is 36.2 Å². The van der Waals surface area contributed by atoms with Gasteiger partial charge in [-0.1, -0.05) is 52.4 Å². The Morgan fingerprint density at radius 2 is 1.84 bits per heavy atom. The highest BCUT2D eigenvalue weighted by molar-refractivity contribution is 7.54. The number of unbranched alkanes of at least 4 members (excludes halogenated alkanes) is 6. The minimum absolute atomic E-state index is 0.268. The SMILES string of the molecule is CCCCCCOC.CCCCCCOC(=O)C1(C)NP(COC(C)Cn2cnc(C=N)c2/N=C\N(C)Cc2oc(=O)oc2C)N1C(C)(C)C=O. The summed E-state index contributed by atoms with van der Waals surface area (Å²) < 4.78 is 30.2. The van der Waals surface area contributed by atoms with Crippen molar-refractivity contribution in [1.82, 2.24) is 24.2 Å². The van der Waals surface area contributed by atoms with E-state index in [2.05, 4.69) is 28.9 Å². The molecule has 0 radical (unpaired) electrons. The fraction of sp³-hybridized carbons (Fsp3) is 0.714. The number of aromatic nitrogens is 2. The number of hydrogen-bond acceptors (Lipinski definition) is 13.